The van der Waals surface area contributed by atoms with Gasteiger partial charge >= 0.3 is 0 Å². The van der Waals surface area contributed by atoms with E-state index < -0.39 is 0 Å². The molecule has 0 spiro atoms. The first-order valence-corrected chi connectivity index (χ1v) is 5.51. The van der Waals surface area contributed by atoms with E-state index in [9.17, 15) is 0 Å². The van der Waals surface area contributed by atoms with Crippen LogP contribution in [0.5, 0.6) is 17.4 Å². The molecule has 0 bridgehead atoms. The summed E-state index contributed by atoms with van der Waals surface area (Å²) in [6, 6.07) is 11.2. The number of rotatable bonds is 3. The van der Waals surface area contributed by atoms with Gasteiger partial charge in [-0.15, -0.1) is 0 Å². The summed E-state index contributed by atoms with van der Waals surface area (Å²) in [5, 5.41) is 0. The minimum Gasteiger partial charge on any atom is -0.495 e. The van der Waals surface area contributed by atoms with Gasteiger partial charge in [-0.3, -0.25) is 0 Å². The predicted octanol–water partition coefficient (Wildman–Crippen LogP) is 3.65. The van der Waals surface area contributed by atoms with Gasteiger partial charge in [0.05, 0.1) is 17.8 Å². The molecule has 1 aromatic carbocycles. The van der Waals surface area contributed by atoms with Crippen LogP contribution in [0.15, 0.2) is 47.1 Å². The molecule has 16 heavy (non-hydrogen) atoms. The fourth-order valence-electron chi connectivity index (χ4n) is 1.19. The number of halogens is 1. The van der Waals surface area contributed by atoms with Crippen molar-refractivity contribution in [3.8, 4) is 17.4 Å². The maximum absolute atomic E-state index is 5.60. The van der Waals surface area contributed by atoms with Crippen molar-refractivity contribution in [1.29, 1.82) is 0 Å². The number of nitrogens with zero attached hydrogens (tertiary/aromatic N) is 1. The second-order valence-electron chi connectivity index (χ2n) is 3.07. The molecule has 0 N–H and O–H groups in total. The largest absolute Gasteiger partial charge is 0.495 e. The van der Waals surface area contributed by atoms with E-state index in [0.29, 0.717) is 11.6 Å². The highest BCUT2D eigenvalue weighted by Gasteiger charge is 2.02. The lowest BCUT2D eigenvalue weighted by molar-refractivity contribution is 0.407. The molecule has 0 amide bonds. The van der Waals surface area contributed by atoms with Gasteiger partial charge in [-0.25, -0.2) is 4.98 Å². The zero-order valence-electron chi connectivity index (χ0n) is 8.68. The Labute approximate surface area is 102 Å². The van der Waals surface area contributed by atoms with Gasteiger partial charge in [0, 0.05) is 6.07 Å². The third-order valence-corrected chi connectivity index (χ3v) is 2.65. The highest BCUT2D eigenvalue weighted by molar-refractivity contribution is 9.10. The lowest BCUT2D eigenvalue weighted by Crippen LogP contribution is -1.89. The van der Waals surface area contributed by atoms with Crippen LogP contribution in [0.4, 0.5) is 0 Å². The second kappa shape index (κ2) is 4.99. The van der Waals surface area contributed by atoms with Crippen LogP contribution in [0, 0.1) is 0 Å². The predicted molar refractivity (Wildman–Crippen MR) is 65.0 cm³/mol. The van der Waals surface area contributed by atoms with Crippen LogP contribution in [0.3, 0.4) is 0 Å². The summed E-state index contributed by atoms with van der Waals surface area (Å²) < 4.78 is 11.5. The number of aromatic nitrogens is 1. The van der Waals surface area contributed by atoms with Gasteiger partial charge in [-0.05, 0) is 34.1 Å². The molecule has 0 atom stereocenters. The molecule has 0 aliphatic rings. The van der Waals surface area contributed by atoms with Crippen molar-refractivity contribution in [2.24, 2.45) is 0 Å². The van der Waals surface area contributed by atoms with Gasteiger partial charge in [-0.2, -0.15) is 0 Å². The molecule has 0 aliphatic heterocycles. The first-order valence-electron chi connectivity index (χ1n) is 4.72. The van der Waals surface area contributed by atoms with Crippen molar-refractivity contribution < 1.29 is 9.47 Å². The molecule has 0 aliphatic carbocycles. The first-order chi connectivity index (χ1) is 7.79. The van der Waals surface area contributed by atoms with Crippen molar-refractivity contribution in [3.05, 3.63) is 47.1 Å². The maximum Gasteiger partial charge on any atom is 0.219 e. The average Bonchev–Trinajstić information content (AvgIpc) is 2.33. The van der Waals surface area contributed by atoms with E-state index >= 15 is 0 Å². The molecular formula is C12H10BrNO2. The maximum atomic E-state index is 5.60. The van der Waals surface area contributed by atoms with E-state index in [2.05, 4.69) is 20.9 Å². The number of para-hydroxylation sites is 1. The number of ether oxygens (including phenoxy) is 2. The van der Waals surface area contributed by atoms with Crippen LogP contribution in [-0.2, 0) is 0 Å². The van der Waals surface area contributed by atoms with Crippen LogP contribution in [0.2, 0.25) is 0 Å². The van der Waals surface area contributed by atoms with Gasteiger partial charge in [-0.1, -0.05) is 12.1 Å². The van der Waals surface area contributed by atoms with E-state index in [4.69, 9.17) is 9.47 Å². The van der Waals surface area contributed by atoms with E-state index in [-0.39, 0.29) is 0 Å². The molecule has 2 aromatic rings. The van der Waals surface area contributed by atoms with Crippen LogP contribution in [0.1, 0.15) is 0 Å². The summed E-state index contributed by atoms with van der Waals surface area (Å²) >= 11 is 3.40. The Morgan fingerprint density at radius 3 is 2.56 bits per heavy atom. The molecule has 3 nitrogen and oxygen atoms in total. The van der Waals surface area contributed by atoms with Crippen molar-refractivity contribution >= 4 is 15.9 Å². The number of pyridine rings is 1. The molecule has 4 heteroatoms. The van der Waals surface area contributed by atoms with Crippen molar-refractivity contribution in [2.75, 3.05) is 7.11 Å². The topological polar surface area (TPSA) is 31.4 Å². The molecule has 0 radical (unpaired) electrons. The molecule has 1 aromatic heterocycles. The summed E-state index contributed by atoms with van der Waals surface area (Å²) in [4.78, 5) is 4.12. The summed E-state index contributed by atoms with van der Waals surface area (Å²) in [7, 11) is 1.60. The minimum atomic E-state index is 0.535. The Morgan fingerprint density at radius 2 is 1.94 bits per heavy atom. The Hall–Kier alpha value is -1.55. The van der Waals surface area contributed by atoms with Gasteiger partial charge in [0.15, 0.2) is 0 Å². The molecule has 0 saturated carbocycles. The third-order valence-electron chi connectivity index (χ3n) is 2.00. The highest BCUT2D eigenvalue weighted by atomic mass is 79.9. The van der Waals surface area contributed by atoms with Gasteiger partial charge in [0.25, 0.3) is 0 Å². The summed E-state index contributed by atoms with van der Waals surface area (Å²) in [6.45, 7) is 0. The number of benzene rings is 1. The van der Waals surface area contributed by atoms with Crippen LogP contribution in [0.25, 0.3) is 0 Å². The molecular weight excluding hydrogens is 270 g/mol. The standard InChI is InChI=1S/C12H10BrNO2/c1-15-9-6-7-12(14-8-9)16-11-5-3-2-4-10(11)13/h2-8H,1H3. The molecule has 0 saturated heterocycles. The van der Waals surface area contributed by atoms with Crippen LogP contribution in [-0.4, -0.2) is 12.1 Å². The third kappa shape index (κ3) is 2.52. The Bertz CT molecular complexity index is 471. The lowest BCUT2D eigenvalue weighted by atomic mass is 10.3. The zero-order valence-corrected chi connectivity index (χ0v) is 10.3. The van der Waals surface area contributed by atoms with E-state index in [0.717, 1.165) is 10.2 Å². The Kier molecular flexibility index (Phi) is 3.41. The highest BCUT2D eigenvalue weighted by Crippen LogP contribution is 2.28. The van der Waals surface area contributed by atoms with E-state index in [1.807, 2.05) is 24.3 Å². The number of hydrogen-bond acceptors (Lipinski definition) is 3. The van der Waals surface area contributed by atoms with Crippen molar-refractivity contribution in [3.63, 3.8) is 0 Å². The van der Waals surface area contributed by atoms with Gasteiger partial charge in [0.2, 0.25) is 5.88 Å². The lowest BCUT2D eigenvalue weighted by Gasteiger charge is -2.06. The minimum absolute atomic E-state index is 0.535. The van der Waals surface area contributed by atoms with Crippen molar-refractivity contribution in [2.45, 2.75) is 0 Å². The fourth-order valence-corrected chi connectivity index (χ4v) is 1.55. The summed E-state index contributed by atoms with van der Waals surface area (Å²) in [5.41, 5.74) is 0. The van der Waals surface area contributed by atoms with E-state index in [1.54, 1.807) is 25.4 Å². The fraction of sp³-hybridized carbons (Fsp3) is 0.0833. The zero-order chi connectivity index (χ0) is 11.4. The molecule has 0 unspecified atom stereocenters. The van der Waals surface area contributed by atoms with Crippen molar-refractivity contribution in [1.82, 2.24) is 4.98 Å². The second-order valence-corrected chi connectivity index (χ2v) is 3.92. The molecule has 0 fully saturated rings. The Morgan fingerprint density at radius 1 is 1.12 bits per heavy atom. The molecule has 1 heterocycles. The SMILES string of the molecule is COc1ccc(Oc2ccccc2Br)nc1. The molecule has 82 valence electrons. The van der Waals surface area contributed by atoms with Crippen LogP contribution < -0.4 is 9.47 Å². The Balaban J connectivity index is 2.18. The normalized spacial score (nSPS) is 9.88. The summed E-state index contributed by atoms with van der Waals surface area (Å²) in [6.07, 6.45) is 1.62. The van der Waals surface area contributed by atoms with Gasteiger partial charge < -0.3 is 9.47 Å². The first kappa shape index (κ1) is 11.0. The van der Waals surface area contributed by atoms with E-state index in [1.165, 1.54) is 0 Å². The summed E-state index contributed by atoms with van der Waals surface area (Å²) in [5.74, 6) is 1.98. The smallest absolute Gasteiger partial charge is 0.219 e. The van der Waals surface area contributed by atoms with Crippen LogP contribution >= 0.6 is 15.9 Å². The number of methoxy groups -OCH3 is 1. The molecule has 2 rings (SSSR count). The quantitative estimate of drug-likeness (QED) is 0.860. The average molecular weight is 280 g/mol. The van der Waals surface area contributed by atoms with Gasteiger partial charge in [0.1, 0.15) is 11.5 Å². The number of hydrogen-bond donors (Lipinski definition) is 0. The monoisotopic (exact) mass is 279 g/mol.